The van der Waals surface area contributed by atoms with Crippen LogP contribution in [-0.4, -0.2) is 39.1 Å². The van der Waals surface area contributed by atoms with Crippen LogP contribution in [0.5, 0.6) is 5.75 Å². The molecule has 3 heterocycles. The number of fused-ring (bicyclic) bond motifs is 1. The Morgan fingerprint density at radius 3 is 2.65 bits per heavy atom. The number of carbonyl (C=O) groups is 1. The number of aromatic amines is 1. The van der Waals surface area contributed by atoms with Crippen LogP contribution in [0.25, 0.3) is 6.08 Å². The minimum Gasteiger partial charge on any atom is -0.496 e. The number of nitrogens with zero attached hydrogens (tertiary/aromatic N) is 4. The van der Waals surface area contributed by atoms with Crippen LogP contribution in [0.4, 0.5) is 5.69 Å². The van der Waals surface area contributed by atoms with Crippen LogP contribution in [-0.2, 0) is 9.53 Å². The van der Waals surface area contributed by atoms with Gasteiger partial charge in [-0.2, -0.15) is 0 Å². The first-order valence-corrected chi connectivity index (χ1v) is 16.6. The fourth-order valence-corrected chi connectivity index (χ4v) is 7.48. The molecule has 0 saturated carbocycles. The van der Waals surface area contributed by atoms with E-state index in [4.69, 9.17) is 14.5 Å². The molecule has 2 aromatic heterocycles. The number of allylic oxidation sites excluding steroid dienone is 1. The van der Waals surface area contributed by atoms with E-state index in [1.807, 2.05) is 6.92 Å². The number of aromatic nitrogens is 3. The van der Waals surface area contributed by atoms with Crippen molar-refractivity contribution in [2.75, 3.05) is 13.7 Å². The highest BCUT2D eigenvalue weighted by Gasteiger charge is 2.34. The van der Waals surface area contributed by atoms with E-state index in [0.29, 0.717) is 60.4 Å². The van der Waals surface area contributed by atoms with Gasteiger partial charge < -0.3 is 14.5 Å². The van der Waals surface area contributed by atoms with Gasteiger partial charge in [0.25, 0.3) is 16.8 Å². The maximum atomic E-state index is 14.2. The fourth-order valence-electron chi connectivity index (χ4n) is 4.99. The molecule has 0 fully saturated rings. The van der Waals surface area contributed by atoms with Gasteiger partial charge in [-0.1, -0.05) is 42.5 Å². The Morgan fingerprint density at radius 2 is 2.00 bits per heavy atom. The summed E-state index contributed by atoms with van der Waals surface area (Å²) in [7, 11) is 1.54. The zero-order valence-corrected chi connectivity index (χ0v) is 28.4. The van der Waals surface area contributed by atoms with Crippen molar-refractivity contribution < 1.29 is 19.2 Å². The third kappa shape index (κ3) is 6.76. The maximum absolute atomic E-state index is 14.2. The summed E-state index contributed by atoms with van der Waals surface area (Å²) >= 11 is 5.74. The molecule has 46 heavy (non-hydrogen) atoms. The van der Waals surface area contributed by atoms with E-state index in [1.165, 1.54) is 22.8 Å². The molecule has 1 N–H and O–H groups in total. The van der Waals surface area contributed by atoms with Crippen LogP contribution >= 0.6 is 39.0 Å². The fraction of sp³-hybridized carbons (Fsp3) is 0.258. The first kappa shape index (κ1) is 33.0. The lowest BCUT2D eigenvalue weighted by Crippen LogP contribution is -2.40. The molecule has 5 rings (SSSR count). The van der Waals surface area contributed by atoms with Crippen LogP contribution in [0.2, 0.25) is 0 Å². The van der Waals surface area contributed by atoms with E-state index in [-0.39, 0.29) is 28.0 Å². The highest BCUT2D eigenvalue weighted by Crippen LogP contribution is 2.36. The van der Waals surface area contributed by atoms with Gasteiger partial charge in [-0.3, -0.25) is 24.3 Å². The second kappa shape index (κ2) is 14.0. The molecule has 1 atom stereocenters. The number of rotatable bonds is 10. The van der Waals surface area contributed by atoms with E-state index in [2.05, 4.69) is 25.9 Å². The maximum Gasteiger partial charge on any atom is 0.338 e. The zero-order chi connectivity index (χ0) is 33.1. The molecule has 2 aromatic carbocycles. The van der Waals surface area contributed by atoms with Crippen molar-refractivity contribution >= 4 is 56.8 Å². The normalized spacial score (nSPS) is 14.5. The van der Waals surface area contributed by atoms with Crippen LogP contribution in [0.1, 0.15) is 49.6 Å². The predicted octanol–water partition coefficient (Wildman–Crippen LogP) is 4.80. The number of aryl methyl sites for hydroxylation is 1. The Labute approximate surface area is 278 Å². The monoisotopic (exact) mass is 725 g/mol. The van der Waals surface area contributed by atoms with Crippen LogP contribution < -0.4 is 25.2 Å². The van der Waals surface area contributed by atoms with Gasteiger partial charge in [0.2, 0.25) is 0 Å². The molecule has 0 amide bonds. The minimum absolute atomic E-state index is 0.138. The lowest BCUT2D eigenvalue weighted by atomic mass is 9.94. The van der Waals surface area contributed by atoms with Gasteiger partial charge in [-0.25, -0.2) is 14.8 Å². The Kier molecular flexibility index (Phi) is 10.0. The molecule has 12 nitrogen and oxygen atoms in total. The van der Waals surface area contributed by atoms with Crippen LogP contribution in [0.15, 0.2) is 82.8 Å². The second-order valence-electron chi connectivity index (χ2n) is 10.1. The second-order valence-corrected chi connectivity index (χ2v) is 13.0. The van der Waals surface area contributed by atoms with E-state index < -0.39 is 22.5 Å². The number of methoxy groups -OCH3 is 1. The highest BCUT2D eigenvalue weighted by molar-refractivity contribution is 9.10. The van der Waals surface area contributed by atoms with Gasteiger partial charge >= 0.3 is 5.97 Å². The van der Waals surface area contributed by atoms with Gasteiger partial charge in [-0.05, 0) is 71.6 Å². The molecule has 15 heteroatoms. The molecule has 0 bridgehead atoms. The molecule has 4 aromatic rings. The number of nitro benzene ring substituents is 1. The average Bonchev–Trinajstić information content (AvgIpc) is 3.31. The third-order valence-electron chi connectivity index (χ3n) is 6.93. The van der Waals surface area contributed by atoms with E-state index in [9.17, 15) is 24.5 Å². The van der Waals surface area contributed by atoms with E-state index in [0.717, 1.165) is 23.1 Å². The Morgan fingerprint density at radius 1 is 1.22 bits per heavy atom. The number of thiazole rings is 1. The topological polar surface area (TPSA) is 159 Å². The zero-order valence-electron chi connectivity index (χ0n) is 25.2. The van der Waals surface area contributed by atoms with Crippen molar-refractivity contribution in [3.8, 4) is 5.75 Å². The molecule has 1 aliphatic rings. The smallest absolute Gasteiger partial charge is 0.338 e. The lowest BCUT2D eigenvalue weighted by molar-refractivity contribution is -0.384. The van der Waals surface area contributed by atoms with Crippen molar-refractivity contribution in [3.05, 3.63) is 115 Å². The number of non-ortho nitro benzene ring substituents is 1. The number of halogens is 1. The van der Waals surface area contributed by atoms with Gasteiger partial charge in [-0.15, -0.1) is 0 Å². The molecular formula is C31H28BrN5O7S2. The van der Waals surface area contributed by atoms with Crippen molar-refractivity contribution in [2.45, 2.75) is 49.7 Å². The summed E-state index contributed by atoms with van der Waals surface area (Å²) < 4.78 is 13.2. The lowest BCUT2D eigenvalue weighted by Gasteiger charge is -2.26. The first-order valence-electron chi connectivity index (χ1n) is 14.1. The number of esters is 1. The van der Waals surface area contributed by atoms with Crippen LogP contribution in [0.3, 0.4) is 0 Å². The Balaban J connectivity index is 1.75. The quantitative estimate of drug-likeness (QED) is 0.105. The van der Waals surface area contributed by atoms with Crippen molar-refractivity contribution in [1.82, 2.24) is 14.5 Å². The summed E-state index contributed by atoms with van der Waals surface area (Å²) in [4.78, 5) is 63.6. The summed E-state index contributed by atoms with van der Waals surface area (Å²) in [5.41, 5.74) is 1.34. The molecule has 0 radical (unpaired) electrons. The number of hydrogen-bond donors (Lipinski definition) is 1. The van der Waals surface area contributed by atoms with Gasteiger partial charge in [0.05, 0.1) is 45.0 Å². The van der Waals surface area contributed by atoms with Crippen molar-refractivity contribution in [3.63, 3.8) is 0 Å². The largest absolute Gasteiger partial charge is 0.496 e. The molecule has 0 saturated heterocycles. The van der Waals surface area contributed by atoms with Crippen LogP contribution in [0, 0.1) is 17.0 Å². The minimum atomic E-state index is -0.860. The predicted molar refractivity (Wildman–Crippen MR) is 177 cm³/mol. The van der Waals surface area contributed by atoms with Gasteiger partial charge in [0.15, 0.2) is 9.96 Å². The summed E-state index contributed by atoms with van der Waals surface area (Å²) in [6, 6.07) is 10.1. The number of H-pyrrole nitrogens is 1. The number of ether oxygens (including phenoxy) is 2. The summed E-state index contributed by atoms with van der Waals surface area (Å²) in [5.74, 6) is 0.00434. The van der Waals surface area contributed by atoms with E-state index in [1.54, 1.807) is 51.3 Å². The van der Waals surface area contributed by atoms with E-state index >= 15 is 0 Å². The highest BCUT2D eigenvalue weighted by atomic mass is 79.9. The number of nitro groups is 1. The summed E-state index contributed by atoms with van der Waals surface area (Å²) in [6.45, 7) is 5.51. The number of nitrogens with one attached hydrogen (secondary N) is 1. The summed E-state index contributed by atoms with van der Waals surface area (Å²) in [5, 5.41) is 12.0. The summed E-state index contributed by atoms with van der Waals surface area (Å²) in [6.07, 6.45) is 2.72. The molecule has 0 spiro atoms. The average molecular weight is 727 g/mol. The van der Waals surface area contributed by atoms with Crippen molar-refractivity contribution in [1.29, 1.82) is 0 Å². The molecular weight excluding hydrogens is 698 g/mol. The van der Waals surface area contributed by atoms with Gasteiger partial charge in [0.1, 0.15) is 5.75 Å². The molecule has 0 unspecified atom stereocenters. The number of hydrogen-bond acceptors (Lipinski definition) is 11. The molecule has 1 aliphatic heterocycles. The number of benzene rings is 2. The number of carbonyl (C=O) groups excluding carboxylic acids is 1. The SMILES string of the molecule is CCCC1=C(C(=O)OCC)[C@@H](c2ccc(OC)c(Br)c2)n2c(s/c(=C/c3cc([N+](=O)[O-])ccc3Sc3nc(C)cc(=O)[nH]3)c2=O)=N1. The molecule has 238 valence electrons. The first-order chi connectivity index (χ1) is 22.0. The van der Waals surface area contributed by atoms with Crippen molar-refractivity contribution in [2.24, 2.45) is 4.99 Å². The Bertz CT molecular complexity index is 2140. The third-order valence-corrected chi connectivity index (χ3v) is 9.51. The molecule has 0 aliphatic carbocycles. The Hall–Kier alpha value is -4.34. The standard InChI is InChI=1S/C31H28BrN5O7S2/c1-5-7-21-26(29(40)44-6-2)27(17-8-10-22(43-4)20(32)14-17)36-28(39)24(46-31(36)34-21)15-18-13-19(37(41)42)9-11-23(18)45-30-33-16(3)12-25(38)35-30/h8-15,27H,5-7H2,1-4H3,(H,33,35,38)/b24-15+/t27-/m1/s1. The van der Waals surface area contributed by atoms with Gasteiger partial charge in [0, 0.05) is 28.8 Å².